The third-order valence-corrected chi connectivity index (χ3v) is 7.77. The fraction of sp³-hybridized carbons (Fsp3) is 0.310. The summed E-state index contributed by atoms with van der Waals surface area (Å²) in [6, 6.07) is 20.2. The van der Waals surface area contributed by atoms with Crippen LogP contribution in [0.3, 0.4) is 0 Å². The van der Waals surface area contributed by atoms with Crippen LogP contribution in [-0.2, 0) is 28.3 Å². The minimum atomic E-state index is -0.761. The van der Waals surface area contributed by atoms with Gasteiger partial charge in [-0.15, -0.1) is 11.8 Å². The van der Waals surface area contributed by atoms with Crippen molar-refractivity contribution in [2.24, 2.45) is 0 Å². The highest BCUT2D eigenvalue weighted by atomic mass is 35.5. The first-order valence-electron chi connectivity index (χ1n) is 12.2. The molecule has 3 aromatic carbocycles. The highest BCUT2D eigenvalue weighted by Crippen LogP contribution is 2.28. The summed E-state index contributed by atoms with van der Waals surface area (Å²) in [5.74, 6) is -0.0542. The van der Waals surface area contributed by atoms with Crippen molar-refractivity contribution in [1.29, 1.82) is 0 Å². The molecule has 1 N–H and O–H groups in total. The quantitative estimate of drug-likeness (QED) is 0.261. The van der Waals surface area contributed by atoms with E-state index in [4.69, 9.17) is 23.2 Å². The SMILES string of the molecule is CCC(C)NC(=O)C(Cc1ccccc1)N(Cc1c(Cl)cccc1Cl)C(=O)CSCc1ccc(F)cc1. The number of nitrogens with one attached hydrogen (secondary N) is 1. The van der Waals surface area contributed by atoms with E-state index in [-0.39, 0.29) is 36.0 Å². The molecule has 0 saturated carbocycles. The number of carbonyl (C=O) groups is 2. The molecule has 0 bridgehead atoms. The number of nitrogens with zero attached hydrogens (tertiary/aromatic N) is 1. The molecule has 0 saturated heterocycles. The maximum absolute atomic E-state index is 13.7. The molecule has 3 rings (SSSR count). The molecule has 4 nitrogen and oxygen atoms in total. The molecule has 0 aliphatic carbocycles. The van der Waals surface area contributed by atoms with E-state index in [1.165, 1.54) is 23.9 Å². The molecular formula is C29H31Cl2FN2O2S. The van der Waals surface area contributed by atoms with E-state index in [2.05, 4.69) is 5.32 Å². The summed E-state index contributed by atoms with van der Waals surface area (Å²) in [5.41, 5.74) is 2.45. The van der Waals surface area contributed by atoms with Crippen molar-refractivity contribution in [1.82, 2.24) is 10.2 Å². The number of hydrogen-bond acceptors (Lipinski definition) is 3. The molecule has 2 atom stereocenters. The largest absolute Gasteiger partial charge is 0.352 e. The standard InChI is InChI=1S/C29H31Cl2FN2O2S/c1-3-20(2)33-29(36)27(16-21-8-5-4-6-9-21)34(17-24-25(30)10-7-11-26(24)31)28(35)19-37-18-22-12-14-23(32)15-13-22/h4-15,20,27H,3,16-19H2,1-2H3,(H,33,36). The van der Waals surface area contributed by atoms with Gasteiger partial charge in [0.15, 0.2) is 0 Å². The summed E-state index contributed by atoms with van der Waals surface area (Å²) in [5, 5.41) is 3.92. The zero-order chi connectivity index (χ0) is 26.8. The van der Waals surface area contributed by atoms with Crippen molar-refractivity contribution in [3.05, 3.63) is 105 Å². The molecule has 0 spiro atoms. The molecule has 0 radical (unpaired) electrons. The predicted molar refractivity (Wildman–Crippen MR) is 151 cm³/mol. The van der Waals surface area contributed by atoms with Gasteiger partial charge in [-0.3, -0.25) is 9.59 Å². The Morgan fingerprint density at radius 3 is 2.22 bits per heavy atom. The molecule has 2 unspecified atom stereocenters. The maximum Gasteiger partial charge on any atom is 0.243 e. The summed E-state index contributed by atoms with van der Waals surface area (Å²) in [4.78, 5) is 28.8. The van der Waals surface area contributed by atoms with E-state index < -0.39 is 6.04 Å². The van der Waals surface area contributed by atoms with Crippen LogP contribution < -0.4 is 5.32 Å². The number of halogens is 3. The summed E-state index contributed by atoms with van der Waals surface area (Å²) in [6.45, 7) is 4.03. The highest BCUT2D eigenvalue weighted by molar-refractivity contribution is 7.99. The smallest absolute Gasteiger partial charge is 0.243 e. The van der Waals surface area contributed by atoms with Gasteiger partial charge in [-0.25, -0.2) is 4.39 Å². The van der Waals surface area contributed by atoms with Crippen LogP contribution in [0.2, 0.25) is 10.0 Å². The van der Waals surface area contributed by atoms with Crippen LogP contribution in [0.15, 0.2) is 72.8 Å². The van der Waals surface area contributed by atoms with Gasteiger partial charge in [0, 0.05) is 40.4 Å². The first-order chi connectivity index (χ1) is 17.8. The number of hydrogen-bond donors (Lipinski definition) is 1. The Labute approximate surface area is 232 Å². The van der Waals surface area contributed by atoms with Crippen LogP contribution in [0.25, 0.3) is 0 Å². The van der Waals surface area contributed by atoms with Crippen LogP contribution in [0.5, 0.6) is 0 Å². The molecule has 0 aromatic heterocycles. The first kappa shape index (κ1) is 29.0. The van der Waals surface area contributed by atoms with Crippen LogP contribution >= 0.6 is 35.0 Å². The summed E-state index contributed by atoms with van der Waals surface area (Å²) in [6.07, 6.45) is 1.11. The predicted octanol–water partition coefficient (Wildman–Crippen LogP) is 6.92. The van der Waals surface area contributed by atoms with Crippen molar-refractivity contribution in [3.63, 3.8) is 0 Å². The van der Waals surface area contributed by atoms with Crippen molar-refractivity contribution in [2.75, 3.05) is 5.75 Å². The summed E-state index contributed by atoms with van der Waals surface area (Å²) < 4.78 is 13.2. The van der Waals surface area contributed by atoms with Gasteiger partial charge in [-0.2, -0.15) is 0 Å². The number of carbonyl (C=O) groups excluding carboxylic acids is 2. The van der Waals surface area contributed by atoms with Gasteiger partial charge in [0.2, 0.25) is 11.8 Å². The second kappa shape index (κ2) is 14.4. The maximum atomic E-state index is 13.7. The fourth-order valence-corrected chi connectivity index (χ4v) is 5.16. The third kappa shape index (κ3) is 8.77. The lowest BCUT2D eigenvalue weighted by molar-refractivity contribution is -0.139. The molecule has 3 aromatic rings. The topological polar surface area (TPSA) is 49.4 Å². The molecule has 0 fully saturated rings. The normalized spacial score (nSPS) is 12.6. The molecule has 0 aliphatic rings. The number of thioether (sulfide) groups is 1. The van der Waals surface area contributed by atoms with Gasteiger partial charge < -0.3 is 10.2 Å². The second-order valence-electron chi connectivity index (χ2n) is 8.86. The molecule has 0 aliphatic heterocycles. The molecule has 8 heteroatoms. The van der Waals surface area contributed by atoms with Crippen molar-refractivity contribution >= 4 is 46.8 Å². The molecule has 37 heavy (non-hydrogen) atoms. The van der Waals surface area contributed by atoms with Gasteiger partial charge in [0.05, 0.1) is 5.75 Å². The zero-order valence-corrected chi connectivity index (χ0v) is 23.3. The molecule has 0 heterocycles. The van der Waals surface area contributed by atoms with Gasteiger partial charge in [0.1, 0.15) is 11.9 Å². The van der Waals surface area contributed by atoms with E-state index in [0.717, 1.165) is 17.5 Å². The molecular weight excluding hydrogens is 530 g/mol. The monoisotopic (exact) mass is 560 g/mol. The van der Waals surface area contributed by atoms with Gasteiger partial charge in [0.25, 0.3) is 0 Å². The van der Waals surface area contributed by atoms with E-state index in [9.17, 15) is 14.0 Å². The van der Waals surface area contributed by atoms with Crippen LogP contribution in [-0.4, -0.2) is 34.6 Å². The summed E-state index contributed by atoms with van der Waals surface area (Å²) in [7, 11) is 0. The first-order valence-corrected chi connectivity index (χ1v) is 14.1. The Morgan fingerprint density at radius 2 is 1.59 bits per heavy atom. The minimum Gasteiger partial charge on any atom is -0.352 e. The Hall–Kier alpha value is -2.54. The lowest BCUT2D eigenvalue weighted by Crippen LogP contribution is -2.52. The average molecular weight is 562 g/mol. The minimum absolute atomic E-state index is 0.0422. The van der Waals surface area contributed by atoms with Crippen LogP contribution in [0.4, 0.5) is 4.39 Å². The molecule has 196 valence electrons. The third-order valence-electron chi connectivity index (χ3n) is 6.07. The van der Waals surface area contributed by atoms with E-state index in [0.29, 0.717) is 27.8 Å². The highest BCUT2D eigenvalue weighted by Gasteiger charge is 2.31. The Bertz CT molecular complexity index is 1160. The fourth-order valence-electron chi connectivity index (χ4n) is 3.77. The van der Waals surface area contributed by atoms with Gasteiger partial charge in [-0.1, -0.05) is 78.7 Å². The van der Waals surface area contributed by atoms with Crippen molar-refractivity contribution < 1.29 is 14.0 Å². The average Bonchev–Trinajstić information content (AvgIpc) is 2.89. The molecule has 2 amide bonds. The lowest BCUT2D eigenvalue weighted by Gasteiger charge is -2.32. The van der Waals surface area contributed by atoms with Gasteiger partial charge >= 0.3 is 0 Å². The van der Waals surface area contributed by atoms with Gasteiger partial charge in [-0.05, 0) is 48.7 Å². The van der Waals surface area contributed by atoms with Crippen molar-refractivity contribution in [2.45, 2.75) is 51.1 Å². The van der Waals surface area contributed by atoms with E-state index in [1.807, 2.05) is 44.2 Å². The van der Waals surface area contributed by atoms with E-state index >= 15 is 0 Å². The van der Waals surface area contributed by atoms with E-state index in [1.54, 1.807) is 35.2 Å². The zero-order valence-electron chi connectivity index (χ0n) is 20.9. The van der Waals surface area contributed by atoms with Crippen LogP contribution in [0.1, 0.15) is 37.0 Å². The summed E-state index contributed by atoms with van der Waals surface area (Å²) >= 11 is 14.3. The Kier molecular flexibility index (Phi) is 11.3. The second-order valence-corrected chi connectivity index (χ2v) is 10.7. The Balaban J connectivity index is 1.90. The number of amides is 2. The number of benzene rings is 3. The van der Waals surface area contributed by atoms with Crippen molar-refractivity contribution in [3.8, 4) is 0 Å². The number of rotatable bonds is 12. The Morgan fingerprint density at radius 1 is 0.946 bits per heavy atom. The van der Waals surface area contributed by atoms with Crippen LogP contribution in [0, 0.1) is 5.82 Å². The lowest BCUT2D eigenvalue weighted by atomic mass is 10.0.